The molecule has 0 saturated heterocycles. The van der Waals surface area contributed by atoms with Gasteiger partial charge in [-0.15, -0.1) is 0 Å². The van der Waals surface area contributed by atoms with Crippen molar-refractivity contribution in [2.24, 2.45) is 5.92 Å². The Bertz CT molecular complexity index is 564. The smallest absolute Gasteiger partial charge is 0.244 e. The average molecular weight is 316 g/mol. The van der Waals surface area contributed by atoms with E-state index in [4.69, 9.17) is 0 Å². The molecular weight excluding hydrogens is 288 g/mol. The highest BCUT2D eigenvalue weighted by Crippen LogP contribution is 2.20. The summed E-state index contributed by atoms with van der Waals surface area (Å²) in [5.41, 5.74) is 1.24. The van der Waals surface area contributed by atoms with Gasteiger partial charge in [0.1, 0.15) is 4.90 Å². The summed E-state index contributed by atoms with van der Waals surface area (Å²) in [7, 11) is -3.53. The van der Waals surface area contributed by atoms with Crippen LogP contribution >= 0.6 is 0 Å². The predicted molar refractivity (Wildman–Crippen MR) is 84.9 cm³/mol. The van der Waals surface area contributed by atoms with Gasteiger partial charge in [0, 0.05) is 12.6 Å². The first-order valence-electron chi connectivity index (χ1n) is 7.47. The summed E-state index contributed by atoms with van der Waals surface area (Å²) in [6.45, 7) is 13.8. The molecule has 0 bridgehead atoms. The molecule has 7 heteroatoms. The highest BCUT2D eigenvalue weighted by molar-refractivity contribution is 7.89. The van der Waals surface area contributed by atoms with E-state index in [0.29, 0.717) is 22.8 Å². The van der Waals surface area contributed by atoms with E-state index in [1.165, 1.54) is 0 Å². The molecule has 2 N–H and O–H groups in total. The molecule has 0 fully saturated rings. The summed E-state index contributed by atoms with van der Waals surface area (Å²) in [5.74, 6) is 0.240. The van der Waals surface area contributed by atoms with Crippen LogP contribution in [-0.4, -0.2) is 37.3 Å². The van der Waals surface area contributed by atoms with E-state index < -0.39 is 10.0 Å². The van der Waals surface area contributed by atoms with Gasteiger partial charge >= 0.3 is 0 Å². The molecule has 1 aromatic heterocycles. The second kappa shape index (κ2) is 7.38. The van der Waals surface area contributed by atoms with E-state index in [0.717, 1.165) is 13.1 Å². The van der Waals surface area contributed by atoms with Crippen LogP contribution in [0.2, 0.25) is 0 Å². The van der Waals surface area contributed by atoms with Crippen molar-refractivity contribution in [2.45, 2.75) is 59.0 Å². The molecule has 0 saturated carbocycles. The van der Waals surface area contributed by atoms with Gasteiger partial charge in [-0.3, -0.25) is 4.68 Å². The van der Waals surface area contributed by atoms with Crippen LogP contribution in [0.1, 0.15) is 39.1 Å². The Morgan fingerprint density at radius 2 is 1.86 bits per heavy atom. The number of hydrogen-bond acceptors (Lipinski definition) is 4. The molecule has 0 aliphatic carbocycles. The minimum Gasteiger partial charge on any atom is -0.315 e. The Hall–Kier alpha value is -0.920. The van der Waals surface area contributed by atoms with Gasteiger partial charge in [0.15, 0.2) is 0 Å². The molecular formula is C14H28N4O2S. The monoisotopic (exact) mass is 316 g/mol. The quantitative estimate of drug-likeness (QED) is 0.712. The number of hydrogen-bond donors (Lipinski definition) is 2. The lowest BCUT2D eigenvalue weighted by Gasteiger charge is -2.17. The average Bonchev–Trinajstić information content (AvgIpc) is 2.64. The number of nitrogens with zero attached hydrogens (tertiary/aromatic N) is 2. The van der Waals surface area contributed by atoms with Gasteiger partial charge in [-0.25, -0.2) is 13.1 Å². The molecule has 1 rings (SSSR count). The van der Waals surface area contributed by atoms with Crippen LogP contribution in [0.25, 0.3) is 0 Å². The van der Waals surface area contributed by atoms with Crippen LogP contribution in [-0.2, 0) is 16.6 Å². The standard InChI is InChI=1S/C14H28N4O2S/c1-7-15-8-9-18-13(6)14(12(5)16-18)21(19,20)17-11(4)10(2)3/h10-11,15,17H,7-9H2,1-6H3. The van der Waals surface area contributed by atoms with E-state index in [1.54, 1.807) is 18.5 Å². The fourth-order valence-corrected chi connectivity index (χ4v) is 3.89. The summed E-state index contributed by atoms with van der Waals surface area (Å²) < 4.78 is 29.6. The maximum Gasteiger partial charge on any atom is 0.244 e. The van der Waals surface area contributed by atoms with Crippen molar-refractivity contribution in [2.75, 3.05) is 13.1 Å². The molecule has 21 heavy (non-hydrogen) atoms. The summed E-state index contributed by atoms with van der Waals surface area (Å²) in [4.78, 5) is 0.312. The second-order valence-corrected chi connectivity index (χ2v) is 7.38. The lowest BCUT2D eigenvalue weighted by Crippen LogP contribution is -2.36. The topological polar surface area (TPSA) is 76.0 Å². The van der Waals surface area contributed by atoms with Crippen molar-refractivity contribution >= 4 is 10.0 Å². The zero-order valence-electron chi connectivity index (χ0n) is 13.9. The molecule has 0 amide bonds. The van der Waals surface area contributed by atoms with Crippen LogP contribution in [0.4, 0.5) is 0 Å². The number of rotatable bonds is 8. The van der Waals surface area contributed by atoms with Crippen LogP contribution in [0.5, 0.6) is 0 Å². The number of sulfonamides is 1. The summed E-state index contributed by atoms with van der Waals surface area (Å²) >= 11 is 0. The molecule has 0 aromatic carbocycles. The molecule has 1 aromatic rings. The van der Waals surface area contributed by atoms with Gasteiger partial charge in [-0.2, -0.15) is 5.10 Å². The van der Waals surface area contributed by atoms with Gasteiger partial charge in [0.25, 0.3) is 0 Å². The normalized spacial score (nSPS) is 13.9. The van der Waals surface area contributed by atoms with Gasteiger partial charge in [0.05, 0.1) is 17.9 Å². The minimum absolute atomic E-state index is 0.112. The fourth-order valence-electron chi connectivity index (χ4n) is 2.09. The van der Waals surface area contributed by atoms with Crippen LogP contribution in [0, 0.1) is 19.8 Å². The molecule has 0 aliphatic rings. The lowest BCUT2D eigenvalue weighted by atomic mass is 10.1. The predicted octanol–water partition coefficient (Wildman–Crippen LogP) is 1.43. The van der Waals surface area contributed by atoms with E-state index in [2.05, 4.69) is 15.1 Å². The van der Waals surface area contributed by atoms with E-state index in [9.17, 15) is 8.42 Å². The molecule has 0 aliphatic heterocycles. The third kappa shape index (κ3) is 4.52. The Kier molecular flexibility index (Phi) is 6.37. The molecule has 122 valence electrons. The molecule has 1 atom stereocenters. The summed E-state index contributed by atoms with van der Waals surface area (Å²) in [6, 6.07) is -0.112. The molecule has 6 nitrogen and oxygen atoms in total. The Balaban J connectivity index is 3.02. The van der Waals surface area contributed by atoms with Crippen LogP contribution in [0.15, 0.2) is 4.90 Å². The van der Waals surface area contributed by atoms with Crippen molar-refractivity contribution in [3.8, 4) is 0 Å². The highest BCUT2D eigenvalue weighted by atomic mass is 32.2. The Labute approximate surface area is 128 Å². The third-order valence-corrected chi connectivity index (χ3v) is 5.49. The SMILES string of the molecule is CCNCCn1nc(C)c(S(=O)(=O)NC(C)C(C)C)c1C. The maximum absolute atomic E-state index is 12.6. The van der Waals surface area contributed by atoms with Crippen molar-refractivity contribution in [1.29, 1.82) is 0 Å². The summed E-state index contributed by atoms with van der Waals surface area (Å²) in [5, 5.41) is 7.57. The van der Waals surface area contributed by atoms with Gasteiger partial charge < -0.3 is 5.32 Å². The maximum atomic E-state index is 12.6. The first kappa shape index (κ1) is 18.1. The minimum atomic E-state index is -3.53. The summed E-state index contributed by atoms with van der Waals surface area (Å²) in [6.07, 6.45) is 0. The first-order chi connectivity index (χ1) is 9.70. The lowest BCUT2D eigenvalue weighted by molar-refractivity contribution is 0.476. The van der Waals surface area contributed by atoms with Crippen molar-refractivity contribution < 1.29 is 8.42 Å². The Morgan fingerprint density at radius 3 is 2.38 bits per heavy atom. The number of likely N-dealkylation sites (N-methyl/N-ethyl adjacent to an activating group) is 1. The molecule has 0 spiro atoms. The highest BCUT2D eigenvalue weighted by Gasteiger charge is 2.26. The third-order valence-electron chi connectivity index (χ3n) is 3.68. The number of aryl methyl sites for hydroxylation is 1. The van der Waals surface area contributed by atoms with Crippen LogP contribution in [0.3, 0.4) is 0 Å². The number of nitrogens with one attached hydrogen (secondary N) is 2. The van der Waals surface area contributed by atoms with E-state index in [1.807, 2.05) is 27.7 Å². The van der Waals surface area contributed by atoms with Gasteiger partial charge in [-0.05, 0) is 33.2 Å². The largest absolute Gasteiger partial charge is 0.315 e. The molecule has 0 radical (unpaired) electrons. The van der Waals surface area contributed by atoms with Crippen molar-refractivity contribution in [3.05, 3.63) is 11.4 Å². The van der Waals surface area contributed by atoms with Crippen LogP contribution < -0.4 is 10.0 Å². The van der Waals surface area contributed by atoms with E-state index in [-0.39, 0.29) is 12.0 Å². The fraction of sp³-hybridized carbons (Fsp3) is 0.786. The van der Waals surface area contributed by atoms with E-state index >= 15 is 0 Å². The number of aromatic nitrogens is 2. The van der Waals surface area contributed by atoms with Crippen molar-refractivity contribution in [3.63, 3.8) is 0 Å². The Morgan fingerprint density at radius 1 is 1.24 bits per heavy atom. The zero-order chi connectivity index (χ0) is 16.2. The molecule has 1 unspecified atom stereocenters. The zero-order valence-corrected chi connectivity index (χ0v) is 14.7. The van der Waals surface area contributed by atoms with Crippen molar-refractivity contribution in [1.82, 2.24) is 19.8 Å². The first-order valence-corrected chi connectivity index (χ1v) is 8.96. The second-order valence-electron chi connectivity index (χ2n) is 5.73. The van der Waals surface area contributed by atoms with Gasteiger partial charge in [0.2, 0.25) is 10.0 Å². The molecule has 1 heterocycles. The van der Waals surface area contributed by atoms with Gasteiger partial charge in [-0.1, -0.05) is 20.8 Å².